The molecule has 0 saturated heterocycles. The van der Waals surface area contributed by atoms with Crippen molar-refractivity contribution >= 4 is 32.9 Å². The first-order valence-corrected chi connectivity index (χ1v) is 13.9. The number of nitrogens with zero attached hydrogens (tertiary/aromatic N) is 2. The maximum Gasteiger partial charge on any atom is 0.250 e. The molecular formula is C27H29ClN2O5S. The van der Waals surface area contributed by atoms with E-state index in [2.05, 4.69) is 5.16 Å². The van der Waals surface area contributed by atoms with Crippen LogP contribution in [0.1, 0.15) is 57.8 Å². The van der Waals surface area contributed by atoms with Crippen molar-refractivity contribution in [3.63, 3.8) is 0 Å². The molecule has 0 saturated carbocycles. The van der Waals surface area contributed by atoms with Gasteiger partial charge in [-0.15, -0.1) is 0 Å². The van der Waals surface area contributed by atoms with Crippen LogP contribution in [0, 0.1) is 6.92 Å². The predicted molar refractivity (Wildman–Crippen MR) is 142 cm³/mol. The first-order valence-electron chi connectivity index (χ1n) is 11.4. The van der Waals surface area contributed by atoms with Crippen molar-refractivity contribution in [3.8, 4) is 0 Å². The molecule has 0 aliphatic carbocycles. The van der Waals surface area contributed by atoms with Gasteiger partial charge in [-0.3, -0.25) is 9.59 Å². The van der Waals surface area contributed by atoms with Gasteiger partial charge in [-0.25, -0.2) is 8.42 Å². The zero-order chi connectivity index (χ0) is 26.5. The summed E-state index contributed by atoms with van der Waals surface area (Å²) in [5.74, 6) is -0.365. The van der Waals surface area contributed by atoms with E-state index in [9.17, 15) is 23.2 Å². The van der Waals surface area contributed by atoms with Gasteiger partial charge in [0, 0.05) is 60.5 Å². The average Bonchev–Trinajstić information content (AvgIpc) is 2.82. The lowest BCUT2D eigenvalue weighted by molar-refractivity contribution is 0.0982. The summed E-state index contributed by atoms with van der Waals surface area (Å²) >= 11 is 6.18. The Morgan fingerprint density at radius 1 is 1.08 bits per heavy atom. The van der Waals surface area contributed by atoms with Gasteiger partial charge in [0.25, 0.3) is 0 Å². The van der Waals surface area contributed by atoms with Crippen LogP contribution in [0.4, 0.5) is 0 Å². The minimum atomic E-state index is -3.11. The van der Waals surface area contributed by atoms with Gasteiger partial charge in [0.05, 0.1) is 11.5 Å². The molecule has 0 spiro atoms. The number of pyridine rings is 1. The summed E-state index contributed by atoms with van der Waals surface area (Å²) in [6.07, 6.45) is 3.55. The molecule has 0 bridgehead atoms. The molecule has 1 atom stereocenters. The first kappa shape index (κ1) is 27.4. The van der Waals surface area contributed by atoms with E-state index in [1.54, 1.807) is 37.5 Å². The van der Waals surface area contributed by atoms with Crippen molar-refractivity contribution in [1.29, 1.82) is 0 Å². The van der Waals surface area contributed by atoms with Crippen LogP contribution in [0.3, 0.4) is 0 Å². The van der Waals surface area contributed by atoms with Crippen molar-refractivity contribution in [3.05, 3.63) is 104 Å². The number of aromatic nitrogens is 1. The van der Waals surface area contributed by atoms with Crippen LogP contribution in [-0.4, -0.2) is 41.7 Å². The molecule has 1 N–H and O–H groups in total. The highest BCUT2D eigenvalue weighted by molar-refractivity contribution is 7.90. The number of rotatable bonds is 10. The molecule has 0 fully saturated rings. The van der Waals surface area contributed by atoms with Gasteiger partial charge in [-0.1, -0.05) is 47.1 Å². The van der Waals surface area contributed by atoms with Crippen LogP contribution in [0.5, 0.6) is 0 Å². The third kappa shape index (κ3) is 7.15. The molecule has 36 heavy (non-hydrogen) atoms. The maximum atomic E-state index is 12.6. The highest BCUT2D eigenvalue weighted by Gasteiger charge is 2.21. The Bertz CT molecular complexity index is 1440. The third-order valence-electron chi connectivity index (χ3n) is 6.10. The van der Waals surface area contributed by atoms with E-state index in [-0.39, 0.29) is 35.9 Å². The molecule has 1 heterocycles. The number of carbonyl (C=O) groups is 1. The van der Waals surface area contributed by atoms with Crippen LogP contribution < -0.4 is 5.56 Å². The summed E-state index contributed by atoms with van der Waals surface area (Å²) in [6.45, 7) is 1.95. The van der Waals surface area contributed by atoms with Gasteiger partial charge in [0.2, 0.25) is 5.56 Å². The summed E-state index contributed by atoms with van der Waals surface area (Å²) in [5, 5.41) is 14.0. The van der Waals surface area contributed by atoms with Crippen LogP contribution >= 0.6 is 11.6 Å². The number of ketones is 1. The highest BCUT2D eigenvalue weighted by atomic mass is 35.5. The Balaban J connectivity index is 1.93. The highest BCUT2D eigenvalue weighted by Crippen LogP contribution is 2.33. The Hall–Kier alpha value is -3.23. The predicted octanol–water partition coefficient (Wildman–Crippen LogP) is 4.76. The molecule has 2 aromatic carbocycles. The smallest absolute Gasteiger partial charge is 0.250 e. The van der Waals surface area contributed by atoms with E-state index >= 15 is 0 Å². The molecule has 9 heteroatoms. The molecular weight excluding hydrogens is 500 g/mol. The van der Waals surface area contributed by atoms with E-state index in [1.165, 1.54) is 10.6 Å². The second kappa shape index (κ2) is 11.7. The zero-order valence-corrected chi connectivity index (χ0v) is 22.0. The fourth-order valence-corrected chi connectivity index (χ4v) is 5.05. The maximum absolute atomic E-state index is 12.6. The van der Waals surface area contributed by atoms with E-state index in [0.717, 1.165) is 22.9 Å². The molecule has 0 aliphatic heterocycles. The Labute approximate surface area is 216 Å². The van der Waals surface area contributed by atoms with Crippen LogP contribution in [0.25, 0.3) is 0 Å². The second-order valence-electron chi connectivity index (χ2n) is 8.95. The van der Waals surface area contributed by atoms with Gasteiger partial charge in [-0.2, -0.15) is 0 Å². The molecule has 1 aromatic heterocycles. The van der Waals surface area contributed by atoms with Crippen molar-refractivity contribution in [2.45, 2.75) is 32.1 Å². The molecule has 0 amide bonds. The zero-order valence-electron chi connectivity index (χ0n) is 20.4. The molecule has 1 unspecified atom stereocenters. The van der Waals surface area contributed by atoms with Gasteiger partial charge in [0.1, 0.15) is 9.84 Å². The topological polar surface area (TPSA) is 106 Å². The molecule has 7 nitrogen and oxygen atoms in total. The molecule has 3 rings (SSSR count). The number of benzene rings is 2. The normalized spacial score (nSPS) is 12.9. The van der Waals surface area contributed by atoms with Gasteiger partial charge >= 0.3 is 0 Å². The lowest BCUT2D eigenvalue weighted by Crippen LogP contribution is -2.18. The van der Waals surface area contributed by atoms with Gasteiger partial charge in [0.15, 0.2) is 5.78 Å². The monoisotopic (exact) mass is 528 g/mol. The van der Waals surface area contributed by atoms with Crippen molar-refractivity contribution in [1.82, 2.24) is 4.57 Å². The largest absolute Gasteiger partial charge is 0.411 e. The van der Waals surface area contributed by atoms with Crippen LogP contribution in [0.2, 0.25) is 5.02 Å². The van der Waals surface area contributed by atoms with Crippen molar-refractivity contribution in [2.75, 3.05) is 12.0 Å². The summed E-state index contributed by atoms with van der Waals surface area (Å²) in [5.41, 5.74) is 4.22. The molecule has 3 aromatic rings. The van der Waals surface area contributed by atoms with Crippen molar-refractivity contribution in [2.24, 2.45) is 12.2 Å². The lowest BCUT2D eigenvalue weighted by atomic mass is 9.83. The number of oxime groups is 1. The minimum absolute atomic E-state index is 0.0247. The number of hydrogen-bond donors (Lipinski definition) is 1. The Morgan fingerprint density at radius 2 is 1.75 bits per heavy atom. The average molecular weight is 529 g/mol. The standard InChI is InChI=1S/C27H29ClN2O5S/c1-18-15-22(28)11-12-23(18)24(16-25(29-33)21-10-13-27(32)30(2)17-21)19-6-8-20(9-7-19)26(31)5-4-14-36(3,34)35/h6-13,15,17,24,33H,4-5,14,16H2,1-3H3/b29-25+. The minimum Gasteiger partial charge on any atom is -0.411 e. The summed E-state index contributed by atoms with van der Waals surface area (Å²) in [4.78, 5) is 24.4. The summed E-state index contributed by atoms with van der Waals surface area (Å²) in [7, 11) is -1.48. The van der Waals surface area contributed by atoms with Gasteiger partial charge < -0.3 is 9.77 Å². The summed E-state index contributed by atoms with van der Waals surface area (Å²) in [6, 6.07) is 15.8. The van der Waals surface area contributed by atoms with Gasteiger partial charge in [-0.05, 0) is 48.2 Å². The van der Waals surface area contributed by atoms with Crippen LogP contribution in [-0.2, 0) is 16.9 Å². The molecule has 190 valence electrons. The fraction of sp³-hybridized carbons (Fsp3) is 0.296. The molecule has 0 aliphatic rings. The van der Waals surface area contributed by atoms with E-state index in [0.29, 0.717) is 28.3 Å². The Kier molecular flexibility index (Phi) is 8.87. The van der Waals surface area contributed by atoms with E-state index < -0.39 is 9.84 Å². The number of sulfone groups is 1. The lowest BCUT2D eigenvalue weighted by Gasteiger charge is -2.21. The quantitative estimate of drug-likeness (QED) is 0.177. The van der Waals surface area contributed by atoms with Crippen molar-refractivity contribution < 1.29 is 18.4 Å². The molecule has 0 radical (unpaired) electrons. The number of halogens is 1. The SMILES string of the molecule is Cc1cc(Cl)ccc1C(C/C(=N\O)c1ccc(=O)n(C)c1)c1ccc(C(=O)CCCS(C)(=O)=O)cc1. The third-order valence-corrected chi connectivity index (χ3v) is 7.36. The van der Waals surface area contributed by atoms with Crippen LogP contribution in [0.15, 0.2) is 70.7 Å². The van der Waals surface area contributed by atoms with E-state index in [4.69, 9.17) is 11.6 Å². The number of carbonyl (C=O) groups excluding carboxylic acids is 1. The first-order chi connectivity index (χ1) is 17.0. The summed E-state index contributed by atoms with van der Waals surface area (Å²) < 4.78 is 24.1. The number of hydrogen-bond acceptors (Lipinski definition) is 6. The second-order valence-corrected chi connectivity index (χ2v) is 11.6. The number of Topliss-reactive ketones (excluding diaryl/α,β-unsaturated/α-hetero) is 1. The van der Waals surface area contributed by atoms with E-state index in [1.807, 2.05) is 31.2 Å². The Morgan fingerprint density at radius 3 is 2.33 bits per heavy atom. The fourth-order valence-electron chi connectivity index (χ4n) is 4.15. The number of aryl methyl sites for hydroxylation is 2.